The highest BCUT2D eigenvalue weighted by molar-refractivity contribution is 5.92. The minimum Gasteiger partial charge on any atom is -0.371 e. The van der Waals surface area contributed by atoms with E-state index in [0.29, 0.717) is 31.9 Å². The first kappa shape index (κ1) is 16.3. The van der Waals surface area contributed by atoms with Gasteiger partial charge in [0, 0.05) is 46.2 Å². The van der Waals surface area contributed by atoms with Gasteiger partial charge in [-0.2, -0.15) is 0 Å². The monoisotopic (exact) mass is 304 g/mol. The van der Waals surface area contributed by atoms with Crippen molar-refractivity contribution in [2.24, 2.45) is 0 Å². The maximum absolute atomic E-state index is 12.4. The molecule has 0 bridgehead atoms. The molecule has 0 spiro atoms. The largest absolute Gasteiger partial charge is 0.371 e. The zero-order valence-corrected chi connectivity index (χ0v) is 13.6. The Morgan fingerprint density at radius 1 is 1.09 bits per heavy atom. The molecule has 1 fully saturated rings. The lowest BCUT2D eigenvalue weighted by Crippen LogP contribution is -2.50. The summed E-state index contributed by atoms with van der Waals surface area (Å²) in [7, 11) is 0. The lowest BCUT2D eigenvalue weighted by molar-refractivity contribution is -0.130. The Kier molecular flexibility index (Phi) is 5.35. The third-order valence-electron chi connectivity index (χ3n) is 4.11. The van der Waals surface area contributed by atoms with Gasteiger partial charge in [-0.1, -0.05) is 0 Å². The van der Waals surface area contributed by atoms with Crippen LogP contribution in [0.3, 0.4) is 0 Å². The van der Waals surface area contributed by atoms with E-state index in [9.17, 15) is 9.59 Å². The number of carbonyl (C=O) groups is 2. The summed E-state index contributed by atoms with van der Waals surface area (Å²) in [6, 6.07) is 3.73. The fourth-order valence-corrected chi connectivity index (χ4v) is 2.67. The molecule has 6 heteroatoms. The Bertz CT molecular complexity index is 517. The van der Waals surface area contributed by atoms with Crippen LogP contribution in [-0.2, 0) is 4.79 Å². The van der Waals surface area contributed by atoms with Crippen molar-refractivity contribution in [1.82, 2.24) is 14.8 Å². The van der Waals surface area contributed by atoms with Crippen LogP contribution in [0.25, 0.3) is 0 Å². The first-order valence-electron chi connectivity index (χ1n) is 7.82. The number of amides is 2. The molecule has 1 aromatic rings. The molecular formula is C16H24N4O2. The van der Waals surface area contributed by atoms with Crippen LogP contribution in [0.4, 0.5) is 5.69 Å². The zero-order chi connectivity index (χ0) is 16.1. The molecule has 1 saturated heterocycles. The van der Waals surface area contributed by atoms with Gasteiger partial charge in [-0.25, -0.2) is 4.98 Å². The Balaban J connectivity index is 2.00. The molecule has 22 heavy (non-hydrogen) atoms. The third kappa shape index (κ3) is 3.55. The molecule has 6 nitrogen and oxygen atoms in total. The van der Waals surface area contributed by atoms with E-state index in [1.807, 2.05) is 6.07 Å². The van der Waals surface area contributed by atoms with Crippen molar-refractivity contribution in [2.75, 3.05) is 44.2 Å². The van der Waals surface area contributed by atoms with E-state index in [4.69, 9.17) is 0 Å². The van der Waals surface area contributed by atoms with Crippen LogP contribution in [0.2, 0.25) is 0 Å². The van der Waals surface area contributed by atoms with Gasteiger partial charge in [0.25, 0.3) is 5.91 Å². The minimum atomic E-state index is -0.0608. The SMILES string of the molecule is CCN(CC)c1ccc(C(=O)N2CCN(C(C)=O)CC2)nc1. The van der Waals surface area contributed by atoms with Gasteiger partial charge in [0.05, 0.1) is 11.9 Å². The van der Waals surface area contributed by atoms with Crippen LogP contribution in [0.1, 0.15) is 31.3 Å². The van der Waals surface area contributed by atoms with E-state index >= 15 is 0 Å². The second-order valence-corrected chi connectivity index (χ2v) is 5.37. The average Bonchev–Trinajstić information content (AvgIpc) is 2.56. The second kappa shape index (κ2) is 7.24. The zero-order valence-electron chi connectivity index (χ0n) is 13.6. The van der Waals surface area contributed by atoms with E-state index in [2.05, 4.69) is 23.7 Å². The molecule has 1 aromatic heterocycles. The summed E-state index contributed by atoms with van der Waals surface area (Å²) in [5.74, 6) is 0.00287. The topological polar surface area (TPSA) is 56.8 Å². The maximum atomic E-state index is 12.4. The Labute approximate surface area is 131 Å². The molecule has 1 aliphatic heterocycles. The number of hydrogen-bond donors (Lipinski definition) is 0. The summed E-state index contributed by atoms with van der Waals surface area (Å²) >= 11 is 0. The third-order valence-corrected chi connectivity index (χ3v) is 4.11. The molecule has 0 aliphatic carbocycles. The molecule has 0 N–H and O–H groups in total. The molecule has 1 aliphatic rings. The Morgan fingerprint density at radius 3 is 2.14 bits per heavy atom. The molecule has 120 valence electrons. The fraction of sp³-hybridized carbons (Fsp3) is 0.562. The summed E-state index contributed by atoms with van der Waals surface area (Å²) < 4.78 is 0. The van der Waals surface area contributed by atoms with Crippen molar-refractivity contribution < 1.29 is 9.59 Å². The summed E-state index contributed by atoms with van der Waals surface area (Å²) in [6.07, 6.45) is 1.76. The van der Waals surface area contributed by atoms with Crippen LogP contribution < -0.4 is 4.90 Å². The van der Waals surface area contributed by atoms with Gasteiger partial charge >= 0.3 is 0 Å². The molecule has 2 heterocycles. The molecule has 0 radical (unpaired) electrons. The summed E-state index contributed by atoms with van der Waals surface area (Å²) in [5, 5.41) is 0. The molecule has 2 amide bonds. The van der Waals surface area contributed by atoms with Gasteiger partial charge in [-0.15, -0.1) is 0 Å². The number of nitrogens with zero attached hydrogens (tertiary/aromatic N) is 4. The number of pyridine rings is 1. The summed E-state index contributed by atoms with van der Waals surface area (Å²) in [5.41, 5.74) is 1.50. The Morgan fingerprint density at radius 2 is 1.68 bits per heavy atom. The van der Waals surface area contributed by atoms with E-state index in [-0.39, 0.29) is 11.8 Å². The van der Waals surface area contributed by atoms with Gasteiger partial charge in [-0.3, -0.25) is 9.59 Å². The van der Waals surface area contributed by atoms with Crippen molar-refractivity contribution in [3.63, 3.8) is 0 Å². The van der Waals surface area contributed by atoms with Gasteiger partial charge in [-0.05, 0) is 26.0 Å². The quantitative estimate of drug-likeness (QED) is 0.839. The van der Waals surface area contributed by atoms with E-state index in [1.54, 1.807) is 29.0 Å². The predicted octanol–water partition coefficient (Wildman–Crippen LogP) is 1.23. The maximum Gasteiger partial charge on any atom is 0.272 e. The molecule has 0 aromatic carbocycles. The van der Waals surface area contributed by atoms with Crippen LogP contribution in [0.15, 0.2) is 18.3 Å². The lowest BCUT2D eigenvalue weighted by Gasteiger charge is -2.34. The molecule has 0 unspecified atom stereocenters. The number of anilines is 1. The molecule has 0 atom stereocenters. The number of carbonyl (C=O) groups excluding carboxylic acids is 2. The smallest absolute Gasteiger partial charge is 0.272 e. The average molecular weight is 304 g/mol. The second-order valence-electron chi connectivity index (χ2n) is 5.37. The molecule has 0 saturated carbocycles. The first-order valence-corrected chi connectivity index (χ1v) is 7.82. The van der Waals surface area contributed by atoms with Gasteiger partial charge < -0.3 is 14.7 Å². The summed E-state index contributed by atoms with van der Waals surface area (Å²) in [4.78, 5) is 33.8. The standard InChI is InChI=1S/C16H24N4O2/c1-4-18(5-2)14-6-7-15(17-12-14)16(22)20-10-8-19(9-11-20)13(3)21/h6-7,12H,4-5,8-11H2,1-3H3. The highest BCUT2D eigenvalue weighted by Crippen LogP contribution is 2.14. The van der Waals surface area contributed by atoms with E-state index in [1.165, 1.54) is 0 Å². The van der Waals surface area contributed by atoms with Crippen molar-refractivity contribution in [2.45, 2.75) is 20.8 Å². The normalized spacial score (nSPS) is 14.9. The van der Waals surface area contributed by atoms with Crippen molar-refractivity contribution >= 4 is 17.5 Å². The lowest BCUT2D eigenvalue weighted by atomic mass is 10.2. The van der Waals surface area contributed by atoms with Gasteiger partial charge in [0.15, 0.2) is 0 Å². The number of hydrogen-bond acceptors (Lipinski definition) is 4. The van der Waals surface area contributed by atoms with Crippen molar-refractivity contribution in [3.05, 3.63) is 24.0 Å². The van der Waals surface area contributed by atoms with Crippen molar-refractivity contribution in [3.8, 4) is 0 Å². The van der Waals surface area contributed by atoms with Crippen molar-refractivity contribution in [1.29, 1.82) is 0 Å². The number of rotatable bonds is 4. The van der Waals surface area contributed by atoms with E-state index < -0.39 is 0 Å². The Hall–Kier alpha value is -2.11. The van der Waals surface area contributed by atoms with Crippen LogP contribution >= 0.6 is 0 Å². The number of aromatic nitrogens is 1. The van der Waals surface area contributed by atoms with E-state index in [0.717, 1.165) is 18.8 Å². The van der Waals surface area contributed by atoms with Crippen LogP contribution in [0, 0.1) is 0 Å². The van der Waals surface area contributed by atoms with Gasteiger partial charge in [0.1, 0.15) is 5.69 Å². The fourth-order valence-electron chi connectivity index (χ4n) is 2.67. The van der Waals surface area contributed by atoms with Crippen LogP contribution in [-0.4, -0.2) is 65.9 Å². The minimum absolute atomic E-state index is 0.0608. The molecular weight excluding hydrogens is 280 g/mol. The van der Waals surface area contributed by atoms with Crippen LogP contribution in [0.5, 0.6) is 0 Å². The summed E-state index contributed by atoms with van der Waals surface area (Å²) in [6.45, 7) is 9.91. The first-order chi connectivity index (χ1) is 10.6. The number of piperazine rings is 1. The predicted molar refractivity (Wildman–Crippen MR) is 86.0 cm³/mol. The van der Waals surface area contributed by atoms with Gasteiger partial charge in [0.2, 0.25) is 5.91 Å². The molecule has 2 rings (SSSR count). The highest BCUT2D eigenvalue weighted by atomic mass is 16.2. The highest BCUT2D eigenvalue weighted by Gasteiger charge is 2.23.